The Balaban J connectivity index is 0.00000364. The lowest BCUT2D eigenvalue weighted by Gasteiger charge is -2.16. The summed E-state index contributed by atoms with van der Waals surface area (Å²) in [5.41, 5.74) is 1.48. The standard InChI is InChI=1S/C18H22F3N3OS.HI/c1-13-5-6-14(16(10-13)25-12-18(19,20)21)11-24-17(22-2)23-8-7-15-4-3-9-26-15;/h3-6,9-10H,7-8,11-12H2,1-2H3,(H2,22,23,24);1H. The van der Waals surface area contributed by atoms with E-state index in [9.17, 15) is 13.2 Å². The summed E-state index contributed by atoms with van der Waals surface area (Å²) in [6.45, 7) is 1.53. The topological polar surface area (TPSA) is 45.7 Å². The number of nitrogens with one attached hydrogen (secondary N) is 2. The molecular formula is C18H23F3IN3OS. The molecule has 0 saturated heterocycles. The number of hydrogen-bond acceptors (Lipinski definition) is 3. The number of hydrogen-bond donors (Lipinski definition) is 2. The second kappa shape index (κ2) is 11.4. The van der Waals surface area contributed by atoms with Gasteiger partial charge in [0, 0.05) is 30.6 Å². The highest BCUT2D eigenvalue weighted by molar-refractivity contribution is 14.0. The van der Waals surface area contributed by atoms with E-state index in [1.807, 2.05) is 24.4 Å². The molecule has 0 bridgehead atoms. The molecule has 0 saturated carbocycles. The first-order chi connectivity index (χ1) is 12.4. The molecule has 0 fully saturated rings. The van der Waals surface area contributed by atoms with Crippen LogP contribution in [0.5, 0.6) is 5.75 Å². The van der Waals surface area contributed by atoms with E-state index in [-0.39, 0.29) is 29.7 Å². The molecule has 4 nitrogen and oxygen atoms in total. The maximum atomic E-state index is 12.4. The van der Waals surface area contributed by atoms with Gasteiger partial charge >= 0.3 is 6.18 Å². The van der Waals surface area contributed by atoms with Gasteiger partial charge in [0.2, 0.25) is 0 Å². The molecule has 2 rings (SSSR count). The van der Waals surface area contributed by atoms with Crippen LogP contribution in [0.1, 0.15) is 16.0 Å². The Labute approximate surface area is 178 Å². The average molecular weight is 513 g/mol. The molecule has 0 amide bonds. The highest BCUT2D eigenvalue weighted by atomic mass is 127. The highest BCUT2D eigenvalue weighted by Gasteiger charge is 2.28. The van der Waals surface area contributed by atoms with Gasteiger partial charge in [-0.05, 0) is 36.4 Å². The summed E-state index contributed by atoms with van der Waals surface area (Å²) < 4.78 is 42.2. The molecule has 9 heteroatoms. The van der Waals surface area contributed by atoms with E-state index in [4.69, 9.17) is 4.74 Å². The van der Waals surface area contributed by atoms with Crippen molar-refractivity contribution in [2.75, 3.05) is 20.2 Å². The number of alkyl halides is 3. The van der Waals surface area contributed by atoms with Crippen LogP contribution in [0.3, 0.4) is 0 Å². The Morgan fingerprint density at radius 3 is 2.63 bits per heavy atom. The van der Waals surface area contributed by atoms with Crippen LogP contribution in [-0.2, 0) is 13.0 Å². The first-order valence-electron chi connectivity index (χ1n) is 8.13. The number of rotatable bonds is 7. The normalized spacial score (nSPS) is 11.7. The minimum atomic E-state index is -4.37. The number of benzene rings is 1. The summed E-state index contributed by atoms with van der Waals surface area (Å²) in [5.74, 6) is 0.813. The predicted molar refractivity (Wildman–Crippen MR) is 114 cm³/mol. The van der Waals surface area contributed by atoms with Crippen LogP contribution in [-0.4, -0.2) is 32.3 Å². The first-order valence-corrected chi connectivity index (χ1v) is 9.01. The third-order valence-electron chi connectivity index (χ3n) is 3.53. The van der Waals surface area contributed by atoms with Gasteiger partial charge in [-0.1, -0.05) is 18.2 Å². The summed E-state index contributed by atoms with van der Waals surface area (Å²) in [6.07, 6.45) is -3.49. The van der Waals surface area contributed by atoms with Crippen LogP contribution >= 0.6 is 35.3 Å². The number of guanidine groups is 1. The Bertz CT molecular complexity index is 721. The Morgan fingerprint density at radius 1 is 1.22 bits per heavy atom. The van der Waals surface area contributed by atoms with E-state index >= 15 is 0 Å². The minimum absolute atomic E-state index is 0. The Morgan fingerprint density at radius 2 is 2.00 bits per heavy atom. The second-order valence-electron chi connectivity index (χ2n) is 5.70. The van der Waals surface area contributed by atoms with Crippen molar-refractivity contribution in [3.8, 4) is 5.75 Å². The van der Waals surface area contributed by atoms with Crippen LogP contribution in [0.15, 0.2) is 40.7 Å². The van der Waals surface area contributed by atoms with E-state index in [1.165, 1.54) is 4.88 Å². The maximum Gasteiger partial charge on any atom is 0.422 e. The molecule has 0 aliphatic heterocycles. The van der Waals surface area contributed by atoms with Crippen LogP contribution in [0, 0.1) is 6.92 Å². The van der Waals surface area contributed by atoms with Crippen molar-refractivity contribution in [1.82, 2.24) is 10.6 Å². The second-order valence-corrected chi connectivity index (χ2v) is 6.73. The van der Waals surface area contributed by atoms with Crippen LogP contribution in [0.25, 0.3) is 0 Å². The highest BCUT2D eigenvalue weighted by Crippen LogP contribution is 2.23. The molecule has 2 N–H and O–H groups in total. The van der Waals surface area contributed by atoms with Gasteiger partial charge < -0.3 is 15.4 Å². The van der Waals surface area contributed by atoms with E-state index < -0.39 is 12.8 Å². The van der Waals surface area contributed by atoms with E-state index in [0.29, 0.717) is 24.6 Å². The molecule has 0 aliphatic carbocycles. The molecule has 150 valence electrons. The van der Waals surface area contributed by atoms with Crippen molar-refractivity contribution < 1.29 is 17.9 Å². The van der Waals surface area contributed by atoms with Crippen molar-refractivity contribution in [2.45, 2.75) is 26.1 Å². The summed E-state index contributed by atoms with van der Waals surface area (Å²) in [5, 5.41) is 8.32. The maximum absolute atomic E-state index is 12.4. The number of aryl methyl sites for hydroxylation is 1. The SMILES string of the molecule is CN=C(NCCc1cccs1)NCc1ccc(C)cc1OCC(F)(F)F.I. The Hall–Kier alpha value is -1.49. The van der Waals surface area contributed by atoms with Gasteiger partial charge in [-0.25, -0.2) is 0 Å². The fraction of sp³-hybridized carbons (Fsp3) is 0.389. The molecule has 2 aromatic rings. The fourth-order valence-corrected chi connectivity index (χ4v) is 2.97. The number of halogens is 4. The van der Waals surface area contributed by atoms with E-state index in [1.54, 1.807) is 30.5 Å². The fourth-order valence-electron chi connectivity index (χ4n) is 2.26. The molecule has 1 aromatic carbocycles. The summed E-state index contributed by atoms with van der Waals surface area (Å²) in [4.78, 5) is 5.40. The summed E-state index contributed by atoms with van der Waals surface area (Å²) in [7, 11) is 1.65. The summed E-state index contributed by atoms with van der Waals surface area (Å²) in [6, 6.07) is 9.28. The predicted octanol–water partition coefficient (Wildman–Crippen LogP) is 4.52. The van der Waals surface area contributed by atoms with Gasteiger partial charge in [0.25, 0.3) is 0 Å². The zero-order valence-corrected chi connectivity index (χ0v) is 18.2. The zero-order chi connectivity index (χ0) is 19.0. The number of aliphatic imine (C=N–C) groups is 1. The van der Waals surface area contributed by atoms with Crippen LogP contribution in [0.4, 0.5) is 13.2 Å². The molecular weight excluding hydrogens is 490 g/mol. The van der Waals surface area contributed by atoms with Gasteiger partial charge in [0.05, 0.1) is 0 Å². The molecule has 1 aromatic heterocycles. The summed E-state index contributed by atoms with van der Waals surface area (Å²) >= 11 is 1.69. The molecule has 0 radical (unpaired) electrons. The van der Waals surface area contributed by atoms with Crippen LogP contribution in [0.2, 0.25) is 0 Å². The van der Waals surface area contributed by atoms with Gasteiger partial charge in [0.15, 0.2) is 12.6 Å². The van der Waals surface area contributed by atoms with Crippen molar-refractivity contribution in [1.29, 1.82) is 0 Å². The van der Waals surface area contributed by atoms with E-state index in [0.717, 1.165) is 12.0 Å². The lowest BCUT2D eigenvalue weighted by Crippen LogP contribution is -2.37. The number of ether oxygens (including phenoxy) is 1. The van der Waals surface area contributed by atoms with Crippen molar-refractivity contribution in [3.05, 3.63) is 51.7 Å². The first kappa shape index (κ1) is 23.5. The largest absolute Gasteiger partial charge is 0.484 e. The molecule has 0 aliphatic rings. The molecule has 1 heterocycles. The lowest BCUT2D eigenvalue weighted by molar-refractivity contribution is -0.153. The Kier molecular flexibility index (Phi) is 9.92. The van der Waals surface area contributed by atoms with Gasteiger partial charge in [-0.2, -0.15) is 13.2 Å². The van der Waals surface area contributed by atoms with Gasteiger partial charge in [0.1, 0.15) is 5.75 Å². The quantitative estimate of drug-likeness (QED) is 0.325. The molecule has 0 unspecified atom stereocenters. The van der Waals surface area contributed by atoms with Gasteiger partial charge in [-0.3, -0.25) is 4.99 Å². The average Bonchev–Trinajstić information content (AvgIpc) is 3.10. The third-order valence-corrected chi connectivity index (χ3v) is 4.46. The van der Waals surface area contributed by atoms with Crippen LogP contribution < -0.4 is 15.4 Å². The van der Waals surface area contributed by atoms with Crippen molar-refractivity contribution in [3.63, 3.8) is 0 Å². The van der Waals surface area contributed by atoms with Crippen molar-refractivity contribution in [2.24, 2.45) is 4.99 Å². The third kappa shape index (κ3) is 8.83. The number of thiophene rings is 1. The monoisotopic (exact) mass is 513 g/mol. The van der Waals surface area contributed by atoms with Gasteiger partial charge in [-0.15, -0.1) is 35.3 Å². The van der Waals surface area contributed by atoms with Crippen molar-refractivity contribution >= 4 is 41.3 Å². The van der Waals surface area contributed by atoms with E-state index in [2.05, 4.69) is 21.7 Å². The number of nitrogens with zero attached hydrogens (tertiary/aromatic N) is 1. The minimum Gasteiger partial charge on any atom is -0.484 e. The molecule has 0 spiro atoms. The lowest BCUT2D eigenvalue weighted by atomic mass is 10.1. The zero-order valence-electron chi connectivity index (χ0n) is 15.1. The smallest absolute Gasteiger partial charge is 0.422 e. The molecule has 27 heavy (non-hydrogen) atoms. The molecule has 0 atom stereocenters.